The quantitative estimate of drug-likeness (QED) is 0.743. The molecule has 0 saturated carbocycles. The van der Waals surface area contributed by atoms with Gasteiger partial charge in [-0.15, -0.1) is 0 Å². The summed E-state index contributed by atoms with van der Waals surface area (Å²) in [6, 6.07) is 12.5. The number of H-pyrrole nitrogens is 1. The highest BCUT2D eigenvalue weighted by atomic mass is 16.1. The molecule has 0 bridgehead atoms. The Kier molecular flexibility index (Phi) is 4.71. The second kappa shape index (κ2) is 7.30. The minimum atomic E-state index is -0.116. The number of pyridine rings is 1. The summed E-state index contributed by atoms with van der Waals surface area (Å²) in [6.45, 7) is 4.46. The van der Waals surface area contributed by atoms with Gasteiger partial charge in [-0.2, -0.15) is 0 Å². The average Bonchev–Trinajstić information content (AvgIpc) is 3.14. The molecule has 1 fully saturated rings. The van der Waals surface area contributed by atoms with Crippen LogP contribution in [-0.2, 0) is 6.54 Å². The van der Waals surface area contributed by atoms with Crippen LogP contribution in [-0.4, -0.2) is 33.4 Å². The van der Waals surface area contributed by atoms with Crippen LogP contribution in [0.25, 0.3) is 11.0 Å². The van der Waals surface area contributed by atoms with E-state index in [1.165, 1.54) is 31.4 Å². The molecular formula is C21H24N4O. The topological polar surface area (TPSA) is 61.0 Å². The van der Waals surface area contributed by atoms with E-state index in [4.69, 9.17) is 0 Å². The van der Waals surface area contributed by atoms with Gasteiger partial charge in [0.2, 0.25) is 0 Å². The van der Waals surface area contributed by atoms with E-state index < -0.39 is 0 Å². The zero-order chi connectivity index (χ0) is 17.9. The highest BCUT2D eigenvalue weighted by Crippen LogP contribution is 2.21. The molecule has 1 saturated heterocycles. The lowest BCUT2D eigenvalue weighted by molar-refractivity contribution is 0.102. The summed E-state index contributed by atoms with van der Waals surface area (Å²) in [6.07, 6.45) is 7.36. The summed E-state index contributed by atoms with van der Waals surface area (Å²) >= 11 is 0. The molecule has 4 rings (SSSR count). The highest BCUT2D eigenvalue weighted by Gasteiger charge is 2.18. The van der Waals surface area contributed by atoms with Crippen LogP contribution in [0.3, 0.4) is 0 Å². The van der Waals surface area contributed by atoms with Gasteiger partial charge in [0.05, 0.1) is 5.56 Å². The Morgan fingerprint density at radius 2 is 2.08 bits per heavy atom. The lowest BCUT2D eigenvalue weighted by Gasteiger charge is -2.33. The van der Waals surface area contributed by atoms with Gasteiger partial charge < -0.3 is 10.3 Å². The van der Waals surface area contributed by atoms with Gasteiger partial charge in [-0.05, 0) is 56.1 Å². The molecule has 0 aliphatic carbocycles. The molecule has 1 aliphatic heterocycles. The van der Waals surface area contributed by atoms with Crippen molar-refractivity contribution in [2.75, 3.05) is 11.9 Å². The minimum absolute atomic E-state index is 0.116. The SMILES string of the molecule is CC1CCCCN1Cc1ccc(NC(=O)c2ccnc3[nH]ccc23)cc1. The van der Waals surface area contributed by atoms with Crippen LogP contribution in [0.5, 0.6) is 0 Å². The number of fused-ring (bicyclic) bond motifs is 1. The van der Waals surface area contributed by atoms with Crippen LogP contribution in [0, 0.1) is 0 Å². The summed E-state index contributed by atoms with van der Waals surface area (Å²) in [7, 11) is 0. The molecule has 134 valence electrons. The van der Waals surface area contributed by atoms with Crippen molar-refractivity contribution in [3.63, 3.8) is 0 Å². The monoisotopic (exact) mass is 348 g/mol. The first kappa shape index (κ1) is 16.8. The van der Waals surface area contributed by atoms with Crippen LogP contribution < -0.4 is 5.32 Å². The number of hydrogen-bond acceptors (Lipinski definition) is 3. The van der Waals surface area contributed by atoms with Crippen molar-refractivity contribution in [2.45, 2.75) is 38.8 Å². The molecule has 1 aromatic carbocycles. The number of hydrogen-bond donors (Lipinski definition) is 2. The van der Waals surface area contributed by atoms with E-state index in [9.17, 15) is 4.79 Å². The van der Waals surface area contributed by atoms with Crippen LogP contribution in [0.2, 0.25) is 0 Å². The highest BCUT2D eigenvalue weighted by molar-refractivity contribution is 6.11. The molecule has 0 radical (unpaired) electrons. The molecule has 1 amide bonds. The predicted octanol–water partition coefficient (Wildman–Crippen LogP) is 4.19. The number of amides is 1. The van der Waals surface area contributed by atoms with Gasteiger partial charge in [-0.25, -0.2) is 4.98 Å². The molecule has 3 aromatic rings. The summed E-state index contributed by atoms with van der Waals surface area (Å²) in [5.41, 5.74) is 3.45. The third kappa shape index (κ3) is 3.48. The van der Waals surface area contributed by atoms with Gasteiger partial charge in [0.25, 0.3) is 5.91 Å². The van der Waals surface area contributed by atoms with Crippen molar-refractivity contribution >= 4 is 22.6 Å². The molecule has 2 N–H and O–H groups in total. The molecule has 0 spiro atoms. The number of benzene rings is 1. The van der Waals surface area contributed by atoms with E-state index >= 15 is 0 Å². The lowest BCUT2D eigenvalue weighted by Crippen LogP contribution is -2.36. The van der Waals surface area contributed by atoms with Crippen molar-refractivity contribution in [1.82, 2.24) is 14.9 Å². The van der Waals surface area contributed by atoms with E-state index in [-0.39, 0.29) is 5.91 Å². The fourth-order valence-corrected chi connectivity index (χ4v) is 3.68. The smallest absolute Gasteiger partial charge is 0.256 e. The standard InChI is InChI=1S/C21H24N4O/c1-15-4-2-3-13-25(15)14-16-5-7-17(8-6-16)24-21(26)19-10-12-23-20-18(19)9-11-22-20/h5-12,15H,2-4,13-14H2,1H3,(H,22,23)(H,24,26). The third-order valence-electron chi connectivity index (χ3n) is 5.24. The van der Waals surface area contributed by atoms with E-state index in [2.05, 4.69) is 39.2 Å². The number of piperidine rings is 1. The molecule has 1 aliphatic rings. The number of likely N-dealkylation sites (tertiary alicyclic amines) is 1. The number of aromatic amines is 1. The average molecular weight is 348 g/mol. The number of aromatic nitrogens is 2. The van der Waals surface area contributed by atoms with Crippen LogP contribution in [0.1, 0.15) is 42.1 Å². The first-order valence-corrected chi connectivity index (χ1v) is 9.27. The number of rotatable bonds is 4. The first-order valence-electron chi connectivity index (χ1n) is 9.27. The summed E-state index contributed by atoms with van der Waals surface area (Å²) in [5, 5.41) is 3.82. The second-order valence-corrected chi connectivity index (χ2v) is 7.06. The molecule has 2 aromatic heterocycles. The molecule has 5 heteroatoms. The number of carbonyl (C=O) groups excluding carboxylic acids is 1. The molecule has 3 heterocycles. The van der Waals surface area contributed by atoms with Gasteiger partial charge in [-0.3, -0.25) is 9.69 Å². The Hall–Kier alpha value is -2.66. The van der Waals surface area contributed by atoms with Crippen molar-refractivity contribution < 1.29 is 4.79 Å². The maximum Gasteiger partial charge on any atom is 0.256 e. The second-order valence-electron chi connectivity index (χ2n) is 7.06. The van der Waals surface area contributed by atoms with Gasteiger partial charge in [0.1, 0.15) is 5.65 Å². The van der Waals surface area contributed by atoms with E-state index in [0.717, 1.165) is 23.3 Å². The maximum absolute atomic E-state index is 12.6. The largest absolute Gasteiger partial charge is 0.346 e. The molecule has 1 unspecified atom stereocenters. The number of nitrogens with one attached hydrogen (secondary N) is 2. The zero-order valence-corrected chi connectivity index (χ0v) is 15.0. The number of carbonyl (C=O) groups is 1. The maximum atomic E-state index is 12.6. The normalized spacial score (nSPS) is 18.1. The Morgan fingerprint density at radius 3 is 2.88 bits per heavy atom. The molecule has 1 atom stereocenters. The lowest BCUT2D eigenvalue weighted by atomic mass is 10.0. The Morgan fingerprint density at radius 1 is 1.23 bits per heavy atom. The summed E-state index contributed by atoms with van der Waals surface area (Å²) < 4.78 is 0. The van der Waals surface area contributed by atoms with E-state index in [1.54, 1.807) is 18.5 Å². The molecule has 26 heavy (non-hydrogen) atoms. The molecular weight excluding hydrogens is 324 g/mol. The van der Waals surface area contributed by atoms with Crippen molar-refractivity contribution in [3.05, 3.63) is 59.9 Å². The van der Waals surface area contributed by atoms with E-state index in [1.807, 2.05) is 18.2 Å². The van der Waals surface area contributed by atoms with Crippen molar-refractivity contribution in [3.8, 4) is 0 Å². The van der Waals surface area contributed by atoms with Crippen LogP contribution in [0.15, 0.2) is 48.8 Å². The summed E-state index contributed by atoms with van der Waals surface area (Å²) in [4.78, 5) is 22.4. The third-order valence-corrected chi connectivity index (χ3v) is 5.24. The van der Waals surface area contributed by atoms with Gasteiger partial charge in [0, 0.05) is 36.1 Å². The van der Waals surface area contributed by atoms with Crippen molar-refractivity contribution in [2.24, 2.45) is 0 Å². The fraction of sp³-hybridized carbons (Fsp3) is 0.333. The molecule has 5 nitrogen and oxygen atoms in total. The number of nitrogens with zero attached hydrogens (tertiary/aromatic N) is 2. The predicted molar refractivity (Wildman–Crippen MR) is 104 cm³/mol. The first-order chi connectivity index (χ1) is 12.7. The number of anilines is 1. The summed E-state index contributed by atoms with van der Waals surface area (Å²) in [5.74, 6) is -0.116. The van der Waals surface area contributed by atoms with Gasteiger partial charge >= 0.3 is 0 Å². The Labute approximate surface area is 153 Å². The van der Waals surface area contributed by atoms with Gasteiger partial charge in [0.15, 0.2) is 0 Å². The fourth-order valence-electron chi connectivity index (χ4n) is 3.68. The van der Waals surface area contributed by atoms with Crippen molar-refractivity contribution in [1.29, 1.82) is 0 Å². The Balaban J connectivity index is 1.44. The Bertz CT molecular complexity index is 900. The van der Waals surface area contributed by atoms with E-state index in [0.29, 0.717) is 11.6 Å². The van der Waals surface area contributed by atoms with Crippen LogP contribution >= 0.6 is 0 Å². The van der Waals surface area contributed by atoms with Crippen LogP contribution in [0.4, 0.5) is 5.69 Å². The van der Waals surface area contributed by atoms with Gasteiger partial charge in [-0.1, -0.05) is 18.6 Å². The minimum Gasteiger partial charge on any atom is -0.346 e. The zero-order valence-electron chi connectivity index (χ0n) is 15.0.